The van der Waals surface area contributed by atoms with Gasteiger partial charge in [-0.15, -0.1) is 10.2 Å². The maximum absolute atomic E-state index is 12.7. The summed E-state index contributed by atoms with van der Waals surface area (Å²) < 4.78 is 7.05. The minimum absolute atomic E-state index is 0.126. The molecular weight excluding hydrogens is 462 g/mol. The number of hydrogen-bond donors (Lipinski definition) is 2. The van der Waals surface area contributed by atoms with Gasteiger partial charge in [-0.1, -0.05) is 48.2 Å². The summed E-state index contributed by atoms with van der Waals surface area (Å²) in [5, 5.41) is 17.2. The highest BCUT2D eigenvalue weighted by atomic mass is 32.2. The quantitative estimate of drug-likeness (QED) is 0.331. The lowest BCUT2D eigenvalue weighted by Crippen LogP contribution is -2.28. The highest BCUT2D eigenvalue weighted by Crippen LogP contribution is 2.25. The number of anilines is 1. The molecule has 1 aromatic heterocycles. The zero-order valence-corrected chi connectivity index (χ0v) is 20.6. The van der Waals surface area contributed by atoms with E-state index in [1.165, 1.54) is 11.8 Å². The molecule has 180 valence electrons. The third kappa shape index (κ3) is 5.63. The van der Waals surface area contributed by atoms with Crippen molar-refractivity contribution in [3.05, 3.63) is 78.1 Å². The van der Waals surface area contributed by atoms with Crippen molar-refractivity contribution >= 4 is 40.0 Å². The summed E-state index contributed by atoms with van der Waals surface area (Å²) in [6.45, 7) is 4.45. The highest BCUT2D eigenvalue weighted by Gasteiger charge is 2.20. The Balaban J connectivity index is 1.39. The summed E-state index contributed by atoms with van der Waals surface area (Å²) in [4.78, 5) is 25.3. The molecule has 0 spiro atoms. The lowest BCUT2D eigenvalue weighted by Gasteiger charge is -2.15. The van der Waals surface area contributed by atoms with Crippen molar-refractivity contribution in [1.29, 1.82) is 0 Å². The lowest BCUT2D eigenvalue weighted by molar-refractivity contribution is -0.113. The zero-order chi connectivity index (χ0) is 24.8. The molecule has 0 saturated heterocycles. The molecule has 35 heavy (non-hydrogen) atoms. The number of amides is 2. The molecule has 0 bridgehead atoms. The van der Waals surface area contributed by atoms with Crippen LogP contribution in [0.1, 0.15) is 36.1 Å². The number of thioether (sulfide) groups is 1. The van der Waals surface area contributed by atoms with E-state index in [1.54, 1.807) is 31.4 Å². The van der Waals surface area contributed by atoms with Gasteiger partial charge in [0.15, 0.2) is 11.0 Å². The number of nitrogens with one attached hydrogen (secondary N) is 2. The van der Waals surface area contributed by atoms with Crippen molar-refractivity contribution in [2.45, 2.75) is 31.6 Å². The Morgan fingerprint density at radius 1 is 1.03 bits per heavy atom. The zero-order valence-electron chi connectivity index (χ0n) is 19.8. The van der Waals surface area contributed by atoms with E-state index in [0.29, 0.717) is 28.8 Å². The third-order valence-corrected chi connectivity index (χ3v) is 6.51. The molecule has 0 saturated carbocycles. The molecule has 0 unspecified atom stereocenters. The van der Waals surface area contributed by atoms with Crippen molar-refractivity contribution in [3.63, 3.8) is 0 Å². The van der Waals surface area contributed by atoms with E-state index >= 15 is 0 Å². The van der Waals surface area contributed by atoms with Crippen LogP contribution in [0, 0.1) is 0 Å². The number of nitrogens with zero attached hydrogens (tertiary/aromatic N) is 3. The first kappa shape index (κ1) is 24.3. The van der Waals surface area contributed by atoms with Gasteiger partial charge in [0.25, 0.3) is 5.91 Å². The van der Waals surface area contributed by atoms with Crippen molar-refractivity contribution in [2.24, 2.45) is 0 Å². The molecule has 0 fully saturated rings. The van der Waals surface area contributed by atoms with Crippen molar-refractivity contribution in [1.82, 2.24) is 20.1 Å². The van der Waals surface area contributed by atoms with Crippen LogP contribution in [0.2, 0.25) is 0 Å². The van der Waals surface area contributed by atoms with Crippen LogP contribution < -0.4 is 15.4 Å². The Bertz CT molecular complexity index is 1330. The summed E-state index contributed by atoms with van der Waals surface area (Å²) in [7, 11) is 1.58. The van der Waals surface area contributed by atoms with Gasteiger partial charge >= 0.3 is 0 Å². The molecule has 9 heteroatoms. The van der Waals surface area contributed by atoms with Crippen molar-refractivity contribution < 1.29 is 14.3 Å². The fraction of sp³-hybridized carbons (Fsp3) is 0.231. The second-order valence-corrected chi connectivity index (χ2v) is 8.81. The summed E-state index contributed by atoms with van der Waals surface area (Å²) in [5.41, 5.74) is 1.31. The normalized spacial score (nSPS) is 11.7. The largest absolute Gasteiger partial charge is 0.497 e. The molecule has 8 nitrogen and oxygen atoms in total. The molecule has 4 aromatic rings. The maximum Gasteiger partial charge on any atom is 0.251 e. The van der Waals surface area contributed by atoms with Gasteiger partial charge < -0.3 is 19.9 Å². The first-order chi connectivity index (χ1) is 17.0. The van der Waals surface area contributed by atoms with Crippen LogP contribution in [0.3, 0.4) is 0 Å². The molecule has 3 aromatic carbocycles. The summed E-state index contributed by atoms with van der Waals surface area (Å²) in [6.07, 6.45) is 0. The number of carbonyl (C=O) groups is 2. The predicted molar refractivity (Wildman–Crippen MR) is 138 cm³/mol. The number of aromatic nitrogens is 3. The highest BCUT2D eigenvalue weighted by molar-refractivity contribution is 7.99. The molecule has 1 heterocycles. The molecular formula is C26H27N5O3S. The maximum atomic E-state index is 12.7. The van der Waals surface area contributed by atoms with E-state index in [2.05, 4.69) is 20.8 Å². The molecule has 2 N–H and O–H groups in total. The Labute approximate surface area is 208 Å². The minimum Gasteiger partial charge on any atom is -0.497 e. The van der Waals surface area contributed by atoms with Crippen LogP contribution in [0.4, 0.5) is 5.69 Å². The second kappa shape index (κ2) is 11.1. The van der Waals surface area contributed by atoms with Crippen molar-refractivity contribution in [2.75, 3.05) is 18.2 Å². The van der Waals surface area contributed by atoms with E-state index in [4.69, 9.17) is 4.74 Å². The SMILES string of the molecule is CCn1c(SCC(=O)Nc2cccc3ccccc23)nnc1[C@H](C)NC(=O)c1ccc(OC)cc1. The Morgan fingerprint density at radius 2 is 1.77 bits per heavy atom. The van der Waals surface area contributed by atoms with E-state index in [1.807, 2.05) is 60.9 Å². The van der Waals surface area contributed by atoms with Gasteiger partial charge in [-0.25, -0.2) is 0 Å². The van der Waals surface area contributed by atoms with Gasteiger partial charge in [-0.2, -0.15) is 0 Å². The Hall–Kier alpha value is -3.85. The van der Waals surface area contributed by atoms with Crippen LogP contribution in [0.15, 0.2) is 71.9 Å². The number of rotatable bonds is 9. The molecule has 0 radical (unpaired) electrons. The second-order valence-electron chi connectivity index (χ2n) is 7.87. The molecule has 2 amide bonds. The van der Waals surface area contributed by atoms with Gasteiger partial charge in [0.2, 0.25) is 5.91 Å². The molecule has 4 rings (SSSR count). The van der Waals surface area contributed by atoms with Crippen LogP contribution in [0.25, 0.3) is 10.8 Å². The van der Waals surface area contributed by atoms with Gasteiger partial charge in [0.05, 0.1) is 18.9 Å². The summed E-state index contributed by atoms with van der Waals surface area (Å²) >= 11 is 1.31. The van der Waals surface area contributed by atoms with E-state index < -0.39 is 0 Å². The molecule has 0 aliphatic rings. The van der Waals surface area contributed by atoms with Crippen LogP contribution in [-0.4, -0.2) is 39.4 Å². The minimum atomic E-state index is -0.365. The molecule has 0 aliphatic heterocycles. The van der Waals surface area contributed by atoms with Crippen LogP contribution >= 0.6 is 11.8 Å². The van der Waals surface area contributed by atoms with Gasteiger partial charge in [-0.05, 0) is 49.6 Å². The number of fused-ring (bicyclic) bond motifs is 1. The van der Waals surface area contributed by atoms with E-state index in [9.17, 15) is 9.59 Å². The van der Waals surface area contributed by atoms with Gasteiger partial charge in [0, 0.05) is 23.2 Å². The third-order valence-electron chi connectivity index (χ3n) is 5.54. The lowest BCUT2D eigenvalue weighted by atomic mass is 10.1. The van der Waals surface area contributed by atoms with Gasteiger partial charge in [0.1, 0.15) is 5.75 Å². The van der Waals surface area contributed by atoms with Crippen LogP contribution in [0.5, 0.6) is 5.75 Å². The number of ether oxygens (including phenoxy) is 1. The first-order valence-corrected chi connectivity index (χ1v) is 12.3. The topological polar surface area (TPSA) is 98.1 Å². The van der Waals surface area contributed by atoms with Crippen molar-refractivity contribution in [3.8, 4) is 5.75 Å². The fourth-order valence-corrected chi connectivity index (χ4v) is 4.57. The van der Waals surface area contributed by atoms with E-state index in [-0.39, 0.29) is 23.6 Å². The average Bonchev–Trinajstić information content (AvgIpc) is 3.31. The van der Waals surface area contributed by atoms with E-state index in [0.717, 1.165) is 16.5 Å². The first-order valence-electron chi connectivity index (χ1n) is 11.3. The molecule has 1 atom stereocenters. The number of carbonyl (C=O) groups excluding carboxylic acids is 2. The summed E-state index contributed by atoms with van der Waals surface area (Å²) in [5.74, 6) is 1.17. The Morgan fingerprint density at radius 3 is 2.51 bits per heavy atom. The monoisotopic (exact) mass is 489 g/mol. The average molecular weight is 490 g/mol. The van der Waals surface area contributed by atoms with Gasteiger partial charge in [-0.3, -0.25) is 9.59 Å². The Kier molecular flexibility index (Phi) is 7.67. The smallest absolute Gasteiger partial charge is 0.251 e. The fourth-order valence-electron chi connectivity index (χ4n) is 3.76. The van der Waals surface area contributed by atoms with Crippen LogP contribution in [-0.2, 0) is 11.3 Å². The summed E-state index contributed by atoms with van der Waals surface area (Å²) in [6, 6.07) is 20.3. The standard InChI is InChI=1S/C26H27N5O3S/c1-4-31-24(17(2)27-25(33)19-12-14-20(34-3)15-13-19)29-30-26(31)35-16-23(32)28-22-11-7-9-18-8-5-6-10-21(18)22/h5-15,17H,4,16H2,1-3H3,(H,27,33)(H,28,32)/t17-/m0/s1. The number of benzene rings is 3. The number of hydrogen-bond acceptors (Lipinski definition) is 6. The molecule has 0 aliphatic carbocycles. The number of methoxy groups -OCH3 is 1. The predicted octanol–water partition coefficient (Wildman–Crippen LogP) is 4.68.